The Morgan fingerprint density at radius 3 is 2.79 bits per heavy atom. The number of nitrogens with one attached hydrogen (secondary N) is 1. The van der Waals surface area contributed by atoms with Crippen LogP contribution in [0.3, 0.4) is 0 Å². The van der Waals surface area contributed by atoms with Crippen LogP contribution in [0.5, 0.6) is 0 Å². The summed E-state index contributed by atoms with van der Waals surface area (Å²) in [5.74, 6) is -0.856. The van der Waals surface area contributed by atoms with Crippen molar-refractivity contribution in [2.45, 2.75) is 13.2 Å². The zero-order valence-electron chi connectivity index (χ0n) is 14.6. The Balaban J connectivity index is 1.45. The first-order chi connectivity index (χ1) is 13.7. The van der Waals surface area contributed by atoms with Gasteiger partial charge in [0.05, 0.1) is 11.3 Å². The van der Waals surface area contributed by atoms with Crippen molar-refractivity contribution in [3.8, 4) is 0 Å². The highest BCUT2D eigenvalue weighted by molar-refractivity contribution is 7.17. The fourth-order valence-corrected chi connectivity index (χ4v) is 3.67. The van der Waals surface area contributed by atoms with Crippen molar-refractivity contribution >= 4 is 39.0 Å². The van der Waals surface area contributed by atoms with E-state index in [1.54, 1.807) is 35.6 Å². The van der Waals surface area contributed by atoms with E-state index in [2.05, 4.69) is 20.8 Å². The van der Waals surface area contributed by atoms with Crippen molar-refractivity contribution < 1.29 is 14.3 Å². The number of esters is 1. The third kappa shape index (κ3) is 3.89. The normalized spacial score (nSPS) is 10.7. The van der Waals surface area contributed by atoms with Gasteiger partial charge in [0.1, 0.15) is 19.5 Å². The van der Waals surface area contributed by atoms with E-state index < -0.39 is 5.97 Å². The summed E-state index contributed by atoms with van der Waals surface area (Å²) in [5, 5.41) is 16.4. The van der Waals surface area contributed by atoms with Crippen LogP contribution in [0.1, 0.15) is 15.9 Å². The molecule has 2 aromatic carbocycles. The molecule has 28 heavy (non-hydrogen) atoms. The molecule has 0 unspecified atom stereocenters. The van der Waals surface area contributed by atoms with Crippen LogP contribution in [-0.4, -0.2) is 32.1 Å². The van der Waals surface area contributed by atoms with Crippen molar-refractivity contribution in [3.05, 3.63) is 71.4 Å². The van der Waals surface area contributed by atoms with Gasteiger partial charge in [0.15, 0.2) is 0 Å². The highest BCUT2D eigenvalue weighted by atomic mass is 32.1. The summed E-state index contributed by atoms with van der Waals surface area (Å²) in [7, 11) is 0. The van der Waals surface area contributed by atoms with Crippen molar-refractivity contribution in [1.29, 1.82) is 0 Å². The van der Waals surface area contributed by atoms with Crippen molar-refractivity contribution in [2.75, 3.05) is 5.32 Å². The van der Waals surface area contributed by atoms with Gasteiger partial charge >= 0.3 is 5.97 Å². The predicted molar refractivity (Wildman–Crippen MR) is 104 cm³/mol. The van der Waals surface area contributed by atoms with Crippen LogP contribution in [0.25, 0.3) is 10.1 Å². The van der Waals surface area contributed by atoms with Crippen LogP contribution in [0.4, 0.5) is 5.69 Å². The molecule has 8 nitrogen and oxygen atoms in total. The molecular formula is C19H15N5O3S. The number of hydrogen-bond donors (Lipinski definition) is 1. The second-order valence-corrected chi connectivity index (χ2v) is 6.85. The summed E-state index contributed by atoms with van der Waals surface area (Å²) in [6.45, 7) is 0.104. The molecule has 4 aromatic rings. The van der Waals surface area contributed by atoms with Crippen LogP contribution in [0, 0.1) is 0 Å². The molecule has 0 fully saturated rings. The molecule has 0 bridgehead atoms. The maximum absolute atomic E-state index is 12.6. The van der Waals surface area contributed by atoms with E-state index in [-0.39, 0.29) is 24.6 Å². The minimum atomic E-state index is -0.506. The number of aromatic nitrogens is 4. The Morgan fingerprint density at radius 1 is 1.11 bits per heavy atom. The number of amides is 1. The molecule has 9 heteroatoms. The number of rotatable bonds is 6. The van der Waals surface area contributed by atoms with E-state index in [0.29, 0.717) is 5.69 Å². The Bertz CT molecular complexity index is 1120. The van der Waals surface area contributed by atoms with Gasteiger partial charge in [-0.2, -0.15) is 0 Å². The number of anilines is 1. The lowest BCUT2D eigenvalue weighted by atomic mass is 10.1. The number of thiophene rings is 1. The second kappa shape index (κ2) is 7.97. The summed E-state index contributed by atoms with van der Waals surface area (Å²) in [4.78, 5) is 24.8. The smallest absolute Gasteiger partial charge is 0.340 e. The highest BCUT2D eigenvalue weighted by Gasteiger charge is 2.16. The Morgan fingerprint density at radius 2 is 1.93 bits per heavy atom. The number of tetrazole rings is 1. The second-order valence-electron chi connectivity index (χ2n) is 5.93. The Labute approximate surface area is 163 Å². The highest BCUT2D eigenvalue weighted by Crippen LogP contribution is 2.26. The SMILES string of the molecule is O=C(Cn1cnnn1)Nc1ccccc1C(=O)OCc1csc2ccccc12. The third-order valence-corrected chi connectivity index (χ3v) is 5.05. The maximum atomic E-state index is 12.6. The summed E-state index contributed by atoms with van der Waals surface area (Å²) in [6.07, 6.45) is 1.34. The Hall–Kier alpha value is -3.59. The summed E-state index contributed by atoms with van der Waals surface area (Å²) >= 11 is 1.61. The lowest BCUT2D eigenvalue weighted by molar-refractivity contribution is -0.116. The van der Waals surface area contributed by atoms with Gasteiger partial charge in [-0.1, -0.05) is 30.3 Å². The minimum Gasteiger partial charge on any atom is -0.457 e. The summed E-state index contributed by atoms with van der Waals surface area (Å²) in [6, 6.07) is 14.7. The largest absolute Gasteiger partial charge is 0.457 e. The standard InChI is InChI=1S/C19H15N5O3S/c25-18(9-24-12-20-22-23-24)21-16-7-3-1-6-15(16)19(26)27-10-13-11-28-17-8-4-2-5-14(13)17/h1-8,11-12H,9-10H2,(H,21,25). The number of carbonyl (C=O) groups excluding carboxylic acids is 2. The lowest BCUT2D eigenvalue weighted by Gasteiger charge is -2.11. The van der Waals surface area contributed by atoms with Gasteiger partial charge in [0.2, 0.25) is 5.91 Å². The molecule has 1 amide bonds. The molecule has 0 atom stereocenters. The maximum Gasteiger partial charge on any atom is 0.340 e. The molecule has 0 spiro atoms. The number of hydrogen-bond acceptors (Lipinski definition) is 7. The number of benzene rings is 2. The van der Waals surface area contributed by atoms with Crippen LogP contribution >= 0.6 is 11.3 Å². The first-order valence-electron chi connectivity index (χ1n) is 8.42. The van der Waals surface area contributed by atoms with E-state index in [1.807, 2.05) is 29.6 Å². The molecule has 140 valence electrons. The molecule has 0 saturated heterocycles. The average molecular weight is 393 g/mol. The van der Waals surface area contributed by atoms with Crippen molar-refractivity contribution in [2.24, 2.45) is 0 Å². The number of fused-ring (bicyclic) bond motifs is 1. The number of nitrogens with zero attached hydrogens (tertiary/aromatic N) is 4. The van der Waals surface area contributed by atoms with Gasteiger partial charge in [-0.3, -0.25) is 4.79 Å². The van der Waals surface area contributed by atoms with Gasteiger partial charge in [0, 0.05) is 10.3 Å². The fraction of sp³-hybridized carbons (Fsp3) is 0.105. The van der Waals surface area contributed by atoms with E-state index in [4.69, 9.17) is 4.74 Å². The monoisotopic (exact) mass is 393 g/mol. The third-order valence-electron chi connectivity index (χ3n) is 4.04. The quantitative estimate of drug-likeness (QED) is 0.506. The van der Waals surface area contributed by atoms with Crippen LogP contribution in [-0.2, 0) is 22.7 Å². The zero-order chi connectivity index (χ0) is 19.3. The topological polar surface area (TPSA) is 99.0 Å². The molecule has 0 aliphatic rings. The molecule has 4 rings (SSSR count). The fourth-order valence-electron chi connectivity index (χ4n) is 2.73. The number of carbonyl (C=O) groups is 2. The average Bonchev–Trinajstić information content (AvgIpc) is 3.36. The van der Waals surface area contributed by atoms with Gasteiger partial charge in [-0.15, -0.1) is 16.4 Å². The molecule has 1 N–H and O–H groups in total. The summed E-state index contributed by atoms with van der Waals surface area (Å²) in [5.41, 5.74) is 1.61. The number of ether oxygens (including phenoxy) is 1. The zero-order valence-corrected chi connectivity index (χ0v) is 15.4. The van der Waals surface area contributed by atoms with Gasteiger partial charge in [-0.05, 0) is 39.4 Å². The van der Waals surface area contributed by atoms with Crippen molar-refractivity contribution in [3.63, 3.8) is 0 Å². The molecule has 2 heterocycles. The Kier molecular flexibility index (Phi) is 5.07. The van der Waals surface area contributed by atoms with E-state index in [9.17, 15) is 9.59 Å². The van der Waals surface area contributed by atoms with Crippen LogP contribution < -0.4 is 5.32 Å². The van der Waals surface area contributed by atoms with Crippen LogP contribution in [0.2, 0.25) is 0 Å². The molecule has 0 aliphatic carbocycles. The summed E-state index contributed by atoms with van der Waals surface area (Å²) < 4.78 is 7.92. The molecule has 2 aromatic heterocycles. The van der Waals surface area contributed by atoms with Gasteiger partial charge < -0.3 is 10.1 Å². The molecular weight excluding hydrogens is 378 g/mol. The first kappa shape index (κ1) is 17.8. The van der Waals surface area contributed by atoms with E-state index >= 15 is 0 Å². The molecule has 0 saturated carbocycles. The van der Waals surface area contributed by atoms with E-state index in [0.717, 1.165) is 15.6 Å². The minimum absolute atomic E-state index is 0.0583. The van der Waals surface area contributed by atoms with Crippen molar-refractivity contribution in [1.82, 2.24) is 20.2 Å². The molecule has 0 aliphatic heterocycles. The first-order valence-corrected chi connectivity index (χ1v) is 9.30. The predicted octanol–water partition coefficient (Wildman–Crippen LogP) is 2.88. The van der Waals surface area contributed by atoms with E-state index in [1.165, 1.54) is 11.0 Å². The van der Waals surface area contributed by atoms with Gasteiger partial charge in [0.25, 0.3) is 0 Å². The molecule has 0 radical (unpaired) electrons. The van der Waals surface area contributed by atoms with Gasteiger partial charge in [-0.25, -0.2) is 9.48 Å². The lowest BCUT2D eigenvalue weighted by Crippen LogP contribution is -2.21. The van der Waals surface area contributed by atoms with Crippen LogP contribution in [0.15, 0.2) is 60.2 Å². The number of para-hydroxylation sites is 1.